The highest BCUT2D eigenvalue weighted by atomic mass is 32.2. The van der Waals surface area contributed by atoms with Crippen LogP contribution in [0, 0.1) is 12.8 Å². The lowest BCUT2D eigenvalue weighted by molar-refractivity contribution is 0.570. The Morgan fingerprint density at radius 3 is 2.23 bits per heavy atom. The molecule has 2 unspecified atom stereocenters. The van der Waals surface area contributed by atoms with Gasteiger partial charge in [0, 0.05) is 33.9 Å². The lowest BCUT2D eigenvalue weighted by atomic mass is 10.1. The minimum atomic E-state index is -0.237. The third-order valence-corrected chi connectivity index (χ3v) is 9.61. The van der Waals surface area contributed by atoms with Crippen LogP contribution in [-0.4, -0.2) is 31.6 Å². The van der Waals surface area contributed by atoms with E-state index in [9.17, 15) is 0 Å². The van der Waals surface area contributed by atoms with Crippen molar-refractivity contribution in [2.24, 2.45) is 15.9 Å². The molecule has 2 atom stereocenters. The summed E-state index contributed by atoms with van der Waals surface area (Å²) in [6, 6.07) is 0. The van der Waals surface area contributed by atoms with Crippen molar-refractivity contribution >= 4 is 56.3 Å². The van der Waals surface area contributed by atoms with E-state index in [4.69, 9.17) is 15.0 Å². The Hall–Kier alpha value is -0.700. The van der Waals surface area contributed by atoms with Crippen LogP contribution in [0.4, 0.5) is 0 Å². The fraction of sp³-hybridized carbons (Fsp3) is 0.556. The van der Waals surface area contributed by atoms with Gasteiger partial charge in [-0.15, -0.1) is 46.2 Å². The van der Waals surface area contributed by atoms with Crippen LogP contribution < -0.4 is 0 Å². The van der Waals surface area contributed by atoms with Gasteiger partial charge in [-0.3, -0.25) is 9.98 Å². The molecule has 0 fully saturated rings. The van der Waals surface area contributed by atoms with E-state index in [0.29, 0.717) is 5.92 Å². The molecular formula is C18H22N4S4. The molecule has 8 heteroatoms. The summed E-state index contributed by atoms with van der Waals surface area (Å²) < 4.78 is 0. The third kappa shape index (κ3) is 3.30. The predicted molar refractivity (Wildman–Crippen MR) is 117 cm³/mol. The van der Waals surface area contributed by atoms with Crippen molar-refractivity contribution in [1.82, 2.24) is 9.97 Å². The minimum Gasteiger partial charge on any atom is -0.268 e. The molecule has 138 valence electrons. The zero-order valence-electron chi connectivity index (χ0n) is 15.6. The van der Waals surface area contributed by atoms with Crippen molar-refractivity contribution < 1.29 is 0 Å². The minimum absolute atomic E-state index is 0.202. The molecule has 2 aromatic rings. The molecule has 0 aliphatic carbocycles. The van der Waals surface area contributed by atoms with Gasteiger partial charge in [-0.25, -0.2) is 9.97 Å². The summed E-state index contributed by atoms with van der Waals surface area (Å²) in [5.41, 5.74) is 1.62. The maximum atomic E-state index is 5.01. The normalized spacial score (nSPS) is 28.7. The van der Waals surface area contributed by atoms with Crippen LogP contribution in [0.5, 0.6) is 0 Å². The highest BCUT2D eigenvalue weighted by molar-refractivity contribution is 8.14. The molecule has 0 spiro atoms. The highest BCUT2D eigenvalue weighted by Crippen LogP contribution is 2.42. The van der Waals surface area contributed by atoms with Gasteiger partial charge in [-0.2, -0.15) is 0 Å². The number of aryl methyl sites for hydroxylation is 1. The molecule has 4 rings (SSSR count). The molecule has 0 radical (unpaired) electrons. The average Bonchev–Trinajstić information content (AvgIpc) is 3.33. The summed E-state index contributed by atoms with van der Waals surface area (Å²) in [6.45, 7) is 10.8. The smallest absolute Gasteiger partial charge is 0.122 e. The van der Waals surface area contributed by atoms with Crippen molar-refractivity contribution in [2.75, 3.05) is 11.5 Å². The summed E-state index contributed by atoms with van der Waals surface area (Å²) in [5.74, 6) is 2.38. The number of thiazole rings is 2. The summed E-state index contributed by atoms with van der Waals surface area (Å²) in [5, 5.41) is 8.70. The van der Waals surface area contributed by atoms with E-state index >= 15 is 0 Å². The van der Waals surface area contributed by atoms with E-state index in [0.717, 1.165) is 38.0 Å². The Morgan fingerprint density at radius 2 is 1.58 bits per heavy atom. The van der Waals surface area contributed by atoms with Gasteiger partial charge < -0.3 is 0 Å². The SMILES string of the molecule is Cc1csc(C2(C)CSC(c3csc(C4(C)CSC(C(C)C)=N4)n3)=N2)n1. The largest absolute Gasteiger partial charge is 0.268 e. The fourth-order valence-corrected chi connectivity index (χ4v) is 7.32. The van der Waals surface area contributed by atoms with Crippen LogP contribution in [0.1, 0.15) is 49.1 Å². The first-order valence-electron chi connectivity index (χ1n) is 8.63. The quantitative estimate of drug-likeness (QED) is 0.668. The molecule has 0 saturated heterocycles. The molecule has 4 nitrogen and oxygen atoms in total. The molecule has 26 heavy (non-hydrogen) atoms. The van der Waals surface area contributed by atoms with E-state index in [1.807, 2.05) is 18.7 Å². The van der Waals surface area contributed by atoms with Crippen LogP contribution in [0.25, 0.3) is 0 Å². The Bertz CT molecular complexity index is 897. The number of hydrogen-bond donors (Lipinski definition) is 0. The predicted octanol–water partition coefficient (Wildman–Crippen LogP) is 5.33. The molecule has 2 aliphatic rings. The van der Waals surface area contributed by atoms with E-state index in [-0.39, 0.29) is 11.1 Å². The Morgan fingerprint density at radius 1 is 0.923 bits per heavy atom. The van der Waals surface area contributed by atoms with Crippen molar-refractivity contribution in [3.8, 4) is 0 Å². The standard InChI is InChI=1S/C18H22N4S4/c1-10(2)13-21-18(5,8-25-13)16-20-12(7-24-16)14-22-17(4,9-26-14)15-19-11(3)6-23-15/h6-7,10H,8-9H2,1-5H3. The van der Waals surface area contributed by atoms with Crippen LogP contribution in [0.15, 0.2) is 20.7 Å². The van der Waals surface area contributed by atoms with Gasteiger partial charge in [0.15, 0.2) is 0 Å². The van der Waals surface area contributed by atoms with Gasteiger partial charge in [0.25, 0.3) is 0 Å². The van der Waals surface area contributed by atoms with Gasteiger partial charge in [0.05, 0.1) is 5.04 Å². The number of rotatable bonds is 4. The van der Waals surface area contributed by atoms with Crippen LogP contribution >= 0.6 is 46.2 Å². The van der Waals surface area contributed by atoms with Crippen molar-refractivity contribution in [3.63, 3.8) is 0 Å². The van der Waals surface area contributed by atoms with Crippen LogP contribution in [-0.2, 0) is 11.1 Å². The van der Waals surface area contributed by atoms with E-state index < -0.39 is 0 Å². The Kier molecular flexibility index (Phi) is 4.82. The van der Waals surface area contributed by atoms with Crippen molar-refractivity contribution in [2.45, 2.75) is 45.7 Å². The highest BCUT2D eigenvalue weighted by Gasteiger charge is 2.39. The maximum absolute atomic E-state index is 5.01. The molecule has 0 N–H and O–H groups in total. The fourth-order valence-electron chi connectivity index (χ4n) is 2.89. The number of nitrogens with zero attached hydrogens (tertiary/aromatic N) is 4. The zero-order valence-corrected chi connectivity index (χ0v) is 18.8. The molecule has 4 heterocycles. The van der Waals surface area contributed by atoms with E-state index in [1.165, 1.54) is 5.04 Å². The van der Waals surface area contributed by atoms with Crippen LogP contribution in [0.3, 0.4) is 0 Å². The van der Waals surface area contributed by atoms with Crippen molar-refractivity contribution in [3.05, 3.63) is 32.2 Å². The van der Waals surface area contributed by atoms with Gasteiger partial charge >= 0.3 is 0 Å². The lowest BCUT2D eigenvalue weighted by Crippen LogP contribution is -2.19. The Labute approximate surface area is 171 Å². The first-order chi connectivity index (χ1) is 12.3. The molecule has 2 aliphatic heterocycles. The molecule has 2 aromatic heterocycles. The maximum Gasteiger partial charge on any atom is 0.122 e. The first-order valence-corrected chi connectivity index (χ1v) is 12.4. The average molecular weight is 423 g/mol. The lowest BCUT2D eigenvalue weighted by Gasteiger charge is -2.16. The van der Waals surface area contributed by atoms with Gasteiger partial charge in [-0.1, -0.05) is 13.8 Å². The monoisotopic (exact) mass is 422 g/mol. The van der Waals surface area contributed by atoms with Crippen molar-refractivity contribution in [1.29, 1.82) is 0 Å². The molecule has 0 bridgehead atoms. The zero-order chi connectivity index (χ0) is 18.5. The molecule has 0 amide bonds. The summed E-state index contributed by atoms with van der Waals surface area (Å²) >= 11 is 7.06. The van der Waals surface area contributed by atoms with Crippen LogP contribution in [0.2, 0.25) is 0 Å². The molecule has 0 aromatic carbocycles. The molecule has 0 saturated carbocycles. The number of aromatic nitrogens is 2. The third-order valence-electron chi connectivity index (χ3n) is 4.45. The topological polar surface area (TPSA) is 50.5 Å². The number of hydrogen-bond acceptors (Lipinski definition) is 8. The summed E-state index contributed by atoms with van der Waals surface area (Å²) in [6.07, 6.45) is 0. The second-order valence-electron chi connectivity index (χ2n) is 7.48. The van der Waals surface area contributed by atoms with Gasteiger partial charge in [-0.05, 0) is 20.8 Å². The molecular weight excluding hydrogens is 400 g/mol. The van der Waals surface area contributed by atoms with Gasteiger partial charge in [0.2, 0.25) is 0 Å². The van der Waals surface area contributed by atoms with E-state index in [1.54, 1.807) is 34.4 Å². The second-order valence-corrected chi connectivity index (χ2v) is 11.2. The Balaban J connectivity index is 1.60. The summed E-state index contributed by atoms with van der Waals surface area (Å²) in [4.78, 5) is 19.6. The van der Waals surface area contributed by atoms with E-state index in [2.05, 4.69) is 43.4 Å². The number of thioether (sulfide) groups is 2. The summed E-state index contributed by atoms with van der Waals surface area (Å²) in [7, 11) is 0. The number of aliphatic imine (C=N–C) groups is 2. The second kappa shape index (κ2) is 6.72. The van der Waals surface area contributed by atoms with Gasteiger partial charge in [0.1, 0.15) is 31.8 Å². The first kappa shape index (κ1) is 18.7.